The molecule has 1 fully saturated rings. The highest BCUT2D eigenvalue weighted by molar-refractivity contribution is 6.42. The van der Waals surface area contributed by atoms with Crippen LogP contribution in [0.3, 0.4) is 0 Å². The van der Waals surface area contributed by atoms with E-state index in [2.05, 4.69) is 15.3 Å². The first-order valence-corrected chi connectivity index (χ1v) is 7.82. The van der Waals surface area contributed by atoms with Crippen molar-refractivity contribution in [3.63, 3.8) is 0 Å². The van der Waals surface area contributed by atoms with Crippen molar-refractivity contribution < 1.29 is 5.11 Å². The van der Waals surface area contributed by atoms with Gasteiger partial charge in [0.1, 0.15) is 5.82 Å². The summed E-state index contributed by atoms with van der Waals surface area (Å²) in [6, 6.07) is 7.36. The SMILES string of the molecule is OC1CCN(c2ccnc(NCc3cccc(Cl)c3Cl)n2)C1. The third kappa shape index (κ3) is 3.43. The highest BCUT2D eigenvalue weighted by atomic mass is 35.5. The number of aliphatic hydroxyl groups excluding tert-OH is 1. The highest BCUT2D eigenvalue weighted by Crippen LogP contribution is 2.26. The van der Waals surface area contributed by atoms with Gasteiger partial charge in [0.25, 0.3) is 0 Å². The van der Waals surface area contributed by atoms with Gasteiger partial charge in [-0.2, -0.15) is 4.98 Å². The standard InChI is InChI=1S/C15H16Cl2N4O/c16-12-3-1-2-10(14(12)17)8-19-15-18-6-4-13(20-15)21-7-5-11(22)9-21/h1-4,6,11,22H,5,7-9H2,(H,18,19,20). The van der Waals surface area contributed by atoms with E-state index in [-0.39, 0.29) is 6.10 Å². The predicted octanol–water partition coefficient (Wildman–Crippen LogP) is 2.97. The lowest BCUT2D eigenvalue weighted by Crippen LogP contribution is -2.22. The van der Waals surface area contributed by atoms with E-state index < -0.39 is 0 Å². The zero-order valence-electron chi connectivity index (χ0n) is 11.8. The maximum Gasteiger partial charge on any atom is 0.224 e. The van der Waals surface area contributed by atoms with Crippen LogP contribution in [-0.2, 0) is 6.54 Å². The molecule has 0 bridgehead atoms. The fourth-order valence-electron chi connectivity index (χ4n) is 2.42. The number of halogens is 2. The Morgan fingerprint density at radius 1 is 1.32 bits per heavy atom. The fourth-order valence-corrected chi connectivity index (χ4v) is 2.81. The minimum Gasteiger partial charge on any atom is -0.391 e. The maximum atomic E-state index is 9.61. The van der Waals surface area contributed by atoms with Crippen molar-refractivity contribution in [2.24, 2.45) is 0 Å². The molecule has 0 saturated carbocycles. The Kier molecular flexibility index (Phi) is 4.66. The quantitative estimate of drug-likeness (QED) is 0.897. The Bertz CT molecular complexity index is 668. The van der Waals surface area contributed by atoms with Gasteiger partial charge >= 0.3 is 0 Å². The van der Waals surface area contributed by atoms with Crippen molar-refractivity contribution >= 4 is 35.0 Å². The van der Waals surface area contributed by atoms with E-state index in [1.807, 2.05) is 23.1 Å². The van der Waals surface area contributed by atoms with E-state index in [1.165, 1.54) is 0 Å². The Hall–Kier alpha value is -1.56. The zero-order valence-corrected chi connectivity index (χ0v) is 13.3. The number of hydrogen-bond donors (Lipinski definition) is 2. The molecule has 1 aromatic heterocycles. The molecule has 2 aromatic rings. The molecule has 5 nitrogen and oxygen atoms in total. The molecule has 0 radical (unpaired) electrons. The van der Waals surface area contributed by atoms with Gasteiger partial charge < -0.3 is 15.3 Å². The highest BCUT2D eigenvalue weighted by Gasteiger charge is 2.21. The van der Waals surface area contributed by atoms with Crippen LogP contribution in [-0.4, -0.2) is 34.3 Å². The van der Waals surface area contributed by atoms with Crippen molar-refractivity contribution in [2.75, 3.05) is 23.3 Å². The number of aromatic nitrogens is 2. The molecule has 1 aromatic carbocycles. The third-order valence-corrected chi connectivity index (χ3v) is 4.45. The Balaban J connectivity index is 1.69. The maximum absolute atomic E-state index is 9.61. The van der Waals surface area contributed by atoms with Gasteiger partial charge in [-0.15, -0.1) is 0 Å². The Morgan fingerprint density at radius 3 is 2.95 bits per heavy atom. The first-order chi connectivity index (χ1) is 10.6. The van der Waals surface area contributed by atoms with Crippen LogP contribution in [0.5, 0.6) is 0 Å². The summed E-state index contributed by atoms with van der Waals surface area (Å²) in [5, 5.41) is 13.8. The van der Waals surface area contributed by atoms with Gasteiger partial charge in [-0.1, -0.05) is 35.3 Å². The molecule has 3 rings (SSSR count). The number of aliphatic hydroxyl groups is 1. The molecule has 22 heavy (non-hydrogen) atoms. The number of nitrogens with one attached hydrogen (secondary N) is 1. The van der Waals surface area contributed by atoms with E-state index in [0.29, 0.717) is 29.1 Å². The largest absolute Gasteiger partial charge is 0.391 e. The molecule has 1 atom stereocenters. The van der Waals surface area contributed by atoms with Crippen LogP contribution in [0.1, 0.15) is 12.0 Å². The summed E-state index contributed by atoms with van der Waals surface area (Å²) >= 11 is 12.2. The third-order valence-electron chi connectivity index (χ3n) is 3.60. The first kappa shape index (κ1) is 15.3. The zero-order chi connectivity index (χ0) is 15.5. The average Bonchev–Trinajstić information content (AvgIpc) is 2.96. The lowest BCUT2D eigenvalue weighted by atomic mass is 10.2. The van der Waals surface area contributed by atoms with Gasteiger partial charge in [0.2, 0.25) is 5.95 Å². The molecule has 0 amide bonds. The van der Waals surface area contributed by atoms with E-state index in [9.17, 15) is 5.11 Å². The second-order valence-corrected chi connectivity index (χ2v) is 5.98. The van der Waals surface area contributed by atoms with Crippen molar-refractivity contribution in [3.8, 4) is 0 Å². The number of nitrogens with zero attached hydrogens (tertiary/aromatic N) is 3. The summed E-state index contributed by atoms with van der Waals surface area (Å²) in [7, 11) is 0. The summed E-state index contributed by atoms with van der Waals surface area (Å²) in [6.07, 6.45) is 2.19. The summed E-state index contributed by atoms with van der Waals surface area (Å²) in [5.74, 6) is 1.33. The van der Waals surface area contributed by atoms with Crippen LogP contribution in [0.4, 0.5) is 11.8 Å². The van der Waals surface area contributed by atoms with Gasteiger partial charge in [0.05, 0.1) is 16.1 Å². The summed E-state index contributed by atoms with van der Waals surface area (Å²) in [4.78, 5) is 10.7. The summed E-state index contributed by atoms with van der Waals surface area (Å²) < 4.78 is 0. The molecule has 116 valence electrons. The van der Waals surface area contributed by atoms with Crippen molar-refractivity contribution in [3.05, 3.63) is 46.1 Å². The predicted molar refractivity (Wildman–Crippen MR) is 88.7 cm³/mol. The molecular formula is C15H16Cl2N4O. The number of benzene rings is 1. The van der Waals surface area contributed by atoms with E-state index in [4.69, 9.17) is 23.2 Å². The molecule has 1 aliphatic rings. The molecule has 1 saturated heterocycles. The molecule has 1 aliphatic heterocycles. The number of hydrogen-bond acceptors (Lipinski definition) is 5. The molecule has 0 spiro atoms. The van der Waals surface area contributed by atoms with Crippen LogP contribution in [0.25, 0.3) is 0 Å². The average molecular weight is 339 g/mol. The monoisotopic (exact) mass is 338 g/mol. The van der Waals surface area contributed by atoms with Crippen molar-refractivity contribution in [1.82, 2.24) is 9.97 Å². The van der Waals surface area contributed by atoms with Crippen LogP contribution in [0.15, 0.2) is 30.5 Å². The van der Waals surface area contributed by atoms with Crippen LogP contribution < -0.4 is 10.2 Å². The number of β-amino-alcohol motifs (C(OH)–C–C–N with tert-alkyl or cyclic N) is 1. The molecular weight excluding hydrogens is 323 g/mol. The smallest absolute Gasteiger partial charge is 0.224 e. The van der Waals surface area contributed by atoms with Crippen molar-refractivity contribution in [1.29, 1.82) is 0 Å². The first-order valence-electron chi connectivity index (χ1n) is 7.06. The van der Waals surface area contributed by atoms with Gasteiger partial charge in [0, 0.05) is 25.8 Å². The normalized spacial score (nSPS) is 17.8. The van der Waals surface area contributed by atoms with E-state index in [1.54, 1.807) is 12.3 Å². The van der Waals surface area contributed by atoms with Gasteiger partial charge in [-0.25, -0.2) is 4.98 Å². The van der Waals surface area contributed by atoms with E-state index >= 15 is 0 Å². The van der Waals surface area contributed by atoms with Gasteiger partial charge in [-0.05, 0) is 24.1 Å². The second kappa shape index (κ2) is 6.69. The van der Waals surface area contributed by atoms with Crippen LogP contribution in [0, 0.1) is 0 Å². The number of anilines is 2. The molecule has 7 heteroatoms. The molecule has 1 unspecified atom stereocenters. The van der Waals surface area contributed by atoms with Crippen LogP contribution in [0.2, 0.25) is 10.0 Å². The number of rotatable bonds is 4. The second-order valence-electron chi connectivity index (χ2n) is 5.19. The summed E-state index contributed by atoms with van der Waals surface area (Å²) in [6.45, 7) is 1.90. The molecule has 0 aliphatic carbocycles. The minimum atomic E-state index is -0.281. The molecule has 2 N–H and O–H groups in total. The Labute approximate surface area is 138 Å². The summed E-state index contributed by atoms with van der Waals surface area (Å²) in [5.41, 5.74) is 0.889. The van der Waals surface area contributed by atoms with Crippen molar-refractivity contribution in [2.45, 2.75) is 19.1 Å². The topological polar surface area (TPSA) is 61.3 Å². The minimum absolute atomic E-state index is 0.281. The Morgan fingerprint density at radius 2 is 2.18 bits per heavy atom. The fraction of sp³-hybridized carbons (Fsp3) is 0.333. The van der Waals surface area contributed by atoms with E-state index in [0.717, 1.165) is 24.3 Å². The van der Waals surface area contributed by atoms with Gasteiger partial charge in [-0.3, -0.25) is 0 Å². The lowest BCUT2D eigenvalue weighted by molar-refractivity contribution is 0.198. The lowest BCUT2D eigenvalue weighted by Gasteiger charge is -2.17. The van der Waals surface area contributed by atoms with Crippen LogP contribution >= 0.6 is 23.2 Å². The molecule has 2 heterocycles. The van der Waals surface area contributed by atoms with Gasteiger partial charge in [0.15, 0.2) is 0 Å².